The van der Waals surface area contributed by atoms with Crippen LogP contribution in [0.4, 0.5) is 5.69 Å². The molecular weight excluding hydrogens is 288 g/mol. The van der Waals surface area contributed by atoms with Gasteiger partial charge in [-0.3, -0.25) is 10.1 Å². The van der Waals surface area contributed by atoms with Crippen LogP contribution in [-0.4, -0.2) is 22.0 Å². The van der Waals surface area contributed by atoms with Crippen molar-refractivity contribution in [3.8, 4) is 5.75 Å². The maximum Gasteiger partial charge on any atom is 0.269 e. The zero-order valence-electron chi connectivity index (χ0n) is 11.7. The van der Waals surface area contributed by atoms with Gasteiger partial charge in [-0.15, -0.1) is 0 Å². The van der Waals surface area contributed by atoms with Crippen molar-refractivity contribution in [2.24, 2.45) is 0 Å². The van der Waals surface area contributed by atoms with Crippen LogP contribution in [0.1, 0.15) is 5.56 Å². The summed E-state index contributed by atoms with van der Waals surface area (Å²) in [6.07, 6.45) is 0.434. The molecule has 0 aliphatic heterocycles. The second-order valence-electron chi connectivity index (χ2n) is 4.48. The molecule has 2 aromatic carbocycles. The number of nitrogens with zero attached hydrogens (tertiary/aromatic N) is 1. The van der Waals surface area contributed by atoms with Crippen LogP contribution in [0.5, 0.6) is 5.75 Å². The van der Waals surface area contributed by atoms with E-state index in [4.69, 9.17) is 5.11 Å². The van der Waals surface area contributed by atoms with E-state index in [1.54, 1.807) is 0 Å². The third-order valence-corrected chi connectivity index (χ3v) is 2.72. The molecule has 0 aliphatic rings. The fourth-order valence-corrected chi connectivity index (χ4v) is 1.56. The maximum absolute atomic E-state index is 10.3. The average molecular weight is 304 g/mol. The fraction of sp³-hybridized carbons (Fsp3) is 0.133. The van der Waals surface area contributed by atoms with E-state index < -0.39 is 16.9 Å². The topological polar surface area (TPSA) is 131 Å². The highest BCUT2D eigenvalue weighted by atomic mass is 16.6. The van der Waals surface area contributed by atoms with Crippen LogP contribution >= 0.6 is 0 Å². The van der Waals surface area contributed by atoms with Gasteiger partial charge in [-0.2, -0.15) is 0 Å². The molecular formula is C15H16N2O5. The number of quaternary nitrogens is 1. The molecule has 0 saturated heterocycles. The predicted molar refractivity (Wildman–Crippen MR) is 76.6 cm³/mol. The van der Waals surface area contributed by atoms with Crippen LogP contribution in [0.25, 0.3) is 0 Å². The molecule has 0 spiro atoms. The van der Waals surface area contributed by atoms with Gasteiger partial charge in [0.1, 0.15) is 11.8 Å². The molecule has 0 aliphatic carbocycles. The molecule has 0 unspecified atom stereocenters. The first-order chi connectivity index (χ1) is 10.4. The minimum absolute atomic E-state index is 0.0159. The Morgan fingerprint density at radius 2 is 1.68 bits per heavy atom. The van der Waals surface area contributed by atoms with E-state index >= 15 is 0 Å². The van der Waals surface area contributed by atoms with Crippen LogP contribution < -0.4 is 10.8 Å². The zero-order chi connectivity index (χ0) is 16.5. The lowest BCUT2D eigenvalue weighted by Gasteiger charge is -2.08. The first kappa shape index (κ1) is 17.1. The van der Waals surface area contributed by atoms with E-state index in [0.717, 1.165) is 5.56 Å². The number of phenols is 1. The summed E-state index contributed by atoms with van der Waals surface area (Å²) in [7, 11) is 0. The van der Waals surface area contributed by atoms with Crippen molar-refractivity contribution in [3.63, 3.8) is 0 Å². The van der Waals surface area contributed by atoms with Crippen LogP contribution in [-0.2, 0) is 11.2 Å². The summed E-state index contributed by atoms with van der Waals surface area (Å²) >= 11 is 0. The lowest BCUT2D eigenvalue weighted by molar-refractivity contribution is -0.437. The molecule has 116 valence electrons. The molecule has 0 aromatic heterocycles. The van der Waals surface area contributed by atoms with Crippen LogP contribution in [0, 0.1) is 10.1 Å². The fourth-order valence-electron chi connectivity index (χ4n) is 1.56. The maximum atomic E-state index is 10.3. The predicted octanol–water partition coefficient (Wildman–Crippen LogP) is -0.110. The van der Waals surface area contributed by atoms with Gasteiger partial charge in [-0.1, -0.05) is 30.3 Å². The molecule has 0 fully saturated rings. The van der Waals surface area contributed by atoms with Crippen LogP contribution in [0.15, 0.2) is 54.6 Å². The van der Waals surface area contributed by atoms with Gasteiger partial charge in [0.25, 0.3) is 5.69 Å². The molecule has 0 saturated carbocycles. The standard InChI is InChI=1S/C9H11NO2.C6H5NO3/c10-8(9(11)12)6-7-4-2-1-3-5-7;8-6-3-1-5(2-4-6)7(9)10/h1-5,8H,6,10H2,(H,11,12);1-4,8H/t8-;/m0./s1. The average Bonchev–Trinajstić information content (AvgIpc) is 2.49. The number of carbonyl (C=O) groups is 1. The Morgan fingerprint density at radius 3 is 2.14 bits per heavy atom. The lowest BCUT2D eigenvalue weighted by atomic mass is 10.1. The monoisotopic (exact) mass is 304 g/mol. The quantitative estimate of drug-likeness (QED) is 0.601. The lowest BCUT2D eigenvalue weighted by Crippen LogP contribution is -2.69. The first-order valence-electron chi connectivity index (χ1n) is 6.41. The van der Waals surface area contributed by atoms with E-state index in [1.165, 1.54) is 24.3 Å². The van der Waals surface area contributed by atoms with Gasteiger partial charge in [0.15, 0.2) is 0 Å². The van der Waals surface area contributed by atoms with Crippen molar-refractivity contribution < 1.29 is 25.7 Å². The Morgan fingerprint density at radius 1 is 1.14 bits per heavy atom. The highest BCUT2D eigenvalue weighted by Gasteiger charge is 2.07. The first-order valence-corrected chi connectivity index (χ1v) is 6.41. The summed E-state index contributed by atoms with van der Waals surface area (Å²) in [4.78, 5) is 19.9. The van der Waals surface area contributed by atoms with Crippen molar-refractivity contribution in [3.05, 3.63) is 70.3 Å². The number of benzene rings is 2. The second-order valence-corrected chi connectivity index (χ2v) is 4.48. The number of nitro groups is 1. The van der Waals surface area contributed by atoms with Gasteiger partial charge in [-0.25, -0.2) is 0 Å². The number of hydrogen-bond acceptors (Lipinski definition) is 5. The van der Waals surface area contributed by atoms with E-state index in [1.807, 2.05) is 30.3 Å². The molecule has 0 heterocycles. The van der Waals surface area contributed by atoms with Crippen molar-refractivity contribution in [1.82, 2.24) is 0 Å². The van der Waals surface area contributed by atoms with Gasteiger partial charge in [0.05, 0.1) is 10.9 Å². The van der Waals surface area contributed by atoms with Crippen LogP contribution in [0.2, 0.25) is 0 Å². The number of carboxylic acids is 1. The summed E-state index contributed by atoms with van der Waals surface area (Å²) in [6.45, 7) is 0. The Kier molecular flexibility index (Phi) is 6.52. The molecule has 7 heteroatoms. The smallest absolute Gasteiger partial charge is 0.269 e. The molecule has 2 rings (SSSR count). The summed E-state index contributed by atoms with van der Waals surface area (Å²) in [5, 5.41) is 29.1. The number of hydrogen-bond donors (Lipinski definition) is 2. The van der Waals surface area contributed by atoms with Crippen molar-refractivity contribution in [1.29, 1.82) is 0 Å². The number of non-ortho nitro benzene ring substituents is 1. The molecule has 2 aromatic rings. The van der Waals surface area contributed by atoms with Gasteiger partial charge in [-0.05, 0) is 17.7 Å². The minimum Gasteiger partial charge on any atom is -0.544 e. The van der Waals surface area contributed by atoms with Gasteiger partial charge < -0.3 is 20.7 Å². The van der Waals surface area contributed by atoms with Crippen molar-refractivity contribution >= 4 is 11.7 Å². The third-order valence-electron chi connectivity index (χ3n) is 2.72. The van der Waals surface area contributed by atoms with Gasteiger partial charge in [0.2, 0.25) is 0 Å². The largest absolute Gasteiger partial charge is 0.544 e. The van der Waals surface area contributed by atoms with Crippen molar-refractivity contribution in [2.45, 2.75) is 12.5 Å². The second kappa shape index (κ2) is 8.38. The summed E-state index contributed by atoms with van der Waals surface area (Å²) in [5.41, 5.74) is 4.43. The summed E-state index contributed by atoms with van der Waals surface area (Å²) in [6, 6.07) is 13.8. The number of aromatic hydroxyl groups is 1. The van der Waals surface area contributed by atoms with Crippen molar-refractivity contribution in [2.75, 3.05) is 0 Å². The van der Waals surface area contributed by atoms with E-state index in [0.29, 0.717) is 6.42 Å². The number of carbonyl (C=O) groups excluding carboxylic acids is 1. The Bertz CT molecular complexity index is 614. The highest BCUT2D eigenvalue weighted by molar-refractivity contribution is 5.69. The van der Waals surface area contributed by atoms with Crippen LogP contribution in [0.3, 0.4) is 0 Å². The molecule has 1 atom stereocenters. The van der Waals surface area contributed by atoms with E-state index in [2.05, 4.69) is 5.73 Å². The Hall–Kier alpha value is -2.93. The number of carboxylic acid groups (broad SMARTS) is 1. The molecule has 4 N–H and O–H groups in total. The number of nitro benzene ring substituents is 1. The molecule has 0 radical (unpaired) electrons. The molecule has 7 nitrogen and oxygen atoms in total. The minimum atomic E-state index is -1.10. The Balaban J connectivity index is 0.000000224. The highest BCUT2D eigenvalue weighted by Crippen LogP contribution is 2.14. The summed E-state index contributed by atoms with van der Waals surface area (Å²) in [5.74, 6) is -1.07. The molecule has 0 amide bonds. The summed E-state index contributed by atoms with van der Waals surface area (Å²) < 4.78 is 0. The third kappa shape index (κ3) is 6.02. The molecule has 22 heavy (non-hydrogen) atoms. The van der Waals surface area contributed by atoms with Gasteiger partial charge >= 0.3 is 0 Å². The number of aliphatic carboxylic acids is 1. The van der Waals surface area contributed by atoms with E-state index in [9.17, 15) is 20.0 Å². The number of phenolic OH excluding ortho intramolecular Hbond substituents is 1. The zero-order valence-corrected chi connectivity index (χ0v) is 11.7. The normalized spacial score (nSPS) is 11.0. The molecule has 0 bridgehead atoms. The Labute approximate surface area is 126 Å². The number of rotatable bonds is 4. The van der Waals surface area contributed by atoms with E-state index in [-0.39, 0.29) is 11.4 Å². The van der Waals surface area contributed by atoms with Gasteiger partial charge in [0, 0.05) is 18.6 Å². The SMILES string of the molecule is O=[N+]([O-])c1ccc(O)cc1.[NH3+][C@@H](Cc1ccccc1)C(=O)[O-].